The van der Waals surface area contributed by atoms with E-state index in [1.54, 1.807) is 6.07 Å². The van der Waals surface area contributed by atoms with Gasteiger partial charge in [-0.2, -0.15) is 0 Å². The molecule has 6 heteroatoms. The average Bonchev–Trinajstić information content (AvgIpc) is 2.65. The summed E-state index contributed by atoms with van der Waals surface area (Å²) in [4.78, 5) is 13.7. The van der Waals surface area contributed by atoms with Crippen LogP contribution in [0.25, 0.3) is 0 Å². The maximum atomic E-state index is 11.8. The Hall–Kier alpha value is -1.07. The standard InChI is InChI=1S/C10H15N3O2.ClH/c1-8-6-9(12-15-8)7-10(14)13-4-2-11-3-5-13;/h6,11H,2-5,7H2,1H3;1H. The largest absolute Gasteiger partial charge is 0.361 e. The summed E-state index contributed by atoms with van der Waals surface area (Å²) in [7, 11) is 0. The van der Waals surface area contributed by atoms with Crippen LogP contribution in [0.15, 0.2) is 10.6 Å². The van der Waals surface area contributed by atoms with E-state index in [2.05, 4.69) is 10.5 Å². The molecule has 0 unspecified atom stereocenters. The van der Waals surface area contributed by atoms with E-state index in [9.17, 15) is 4.79 Å². The van der Waals surface area contributed by atoms with E-state index < -0.39 is 0 Å². The zero-order valence-corrected chi connectivity index (χ0v) is 10.0. The van der Waals surface area contributed by atoms with Gasteiger partial charge in [-0.1, -0.05) is 5.16 Å². The summed E-state index contributed by atoms with van der Waals surface area (Å²) in [6, 6.07) is 1.81. The van der Waals surface area contributed by atoms with Crippen molar-refractivity contribution < 1.29 is 9.32 Å². The summed E-state index contributed by atoms with van der Waals surface area (Å²) < 4.78 is 4.92. The van der Waals surface area contributed by atoms with Crippen LogP contribution in [0.3, 0.4) is 0 Å². The summed E-state index contributed by atoms with van der Waals surface area (Å²) in [5, 5.41) is 7.02. The molecule has 1 aliphatic rings. The zero-order valence-electron chi connectivity index (χ0n) is 9.23. The molecule has 0 radical (unpaired) electrons. The van der Waals surface area contributed by atoms with Crippen LogP contribution in [0, 0.1) is 6.92 Å². The minimum Gasteiger partial charge on any atom is -0.361 e. The van der Waals surface area contributed by atoms with Crippen molar-refractivity contribution in [3.63, 3.8) is 0 Å². The molecule has 0 atom stereocenters. The molecule has 5 nitrogen and oxygen atoms in total. The van der Waals surface area contributed by atoms with Crippen molar-refractivity contribution in [2.24, 2.45) is 0 Å². The number of rotatable bonds is 2. The van der Waals surface area contributed by atoms with Gasteiger partial charge in [0, 0.05) is 32.2 Å². The molecular weight excluding hydrogens is 230 g/mol. The molecule has 2 heterocycles. The van der Waals surface area contributed by atoms with Crippen molar-refractivity contribution >= 4 is 18.3 Å². The molecule has 1 aromatic heterocycles. The predicted molar refractivity (Wildman–Crippen MR) is 61.6 cm³/mol. The Labute approximate surface area is 101 Å². The first-order valence-electron chi connectivity index (χ1n) is 5.16. The lowest BCUT2D eigenvalue weighted by Crippen LogP contribution is -2.46. The molecule has 2 rings (SSSR count). The maximum absolute atomic E-state index is 11.8. The van der Waals surface area contributed by atoms with Gasteiger partial charge in [0.1, 0.15) is 5.76 Å². The number of hydrogen-bond acceptors (Lipinski definition) is 4. The first-order valence-corrected chi connectivity index (χ1v) is 5.16. The van der Waals surface area contributed by atoms with Crippen LogP contribution in [0.5, 0.6) is 0 Å². The number of halogens is 1. The van der Waals surface area contributed by atoms with Crippen LogP contribution in [-0.4, -0.2) is 42.1 Å². The van der Waals surface area contributed by atoms with Gasteiger partial charge in [0.2, 0.25) is 5.91 Å². The molecule has 90 valence electrons. The Morgan fingerprint density at radius 1 is 1.56 bits per heavy atom. The van der Waals surface area contributed by atoms with Gasteiger partial charge in [-0.05, 0) is 6.92 Å². The minimum absolute atomic E-state index is 0. The highest BCUT2D eigenvalue weighted by molar-refractivity contribution is 5.85. The lowest BCUT2D eigenvalue weighted by atomic mass is 10.2. The number of aryl methyl sites for hydroxylation is 1. The number of amides is 1. The van der Waals surface area contributed by atoms with Gasteiger partial charge >= 0.3 is 0 Å². The van der Waals surface area contributed by atoms with E-state index >= 15 is 0 Å². The second-order valence-electron chi connectivity index (χ2n) is 3.74. The number of nitrogens with zero attached hydrogens (tertiary/aromatic N) is 2. The summed E-state index contributed by atoms with van der Waals surface area (Å²) in [5.41, 5.74) is 0.719. The first kappa shape index (κ1) is 13.0. The normalized spacial score (nSPS) is 15.7. The number of piperazine rings is 1. The van der Waals surface area contributed by atoms with Crippen LogP contribution in [0.4, 0.5) is 0 Å². The highest BCUT2D eigenvalue weighted by Crippen LogP contribution is 2.05. The Kier molecular flexibility index (Phi) is 4.76. The van der Waals surface area contributed by atoms with Crippen molar-refractivity contribution in [3.05, 3.63) is 17.5 Å². The molecule has 0 spiro atoms. The van der Waals surface area contributed by atoms with E-state index in [0.717, 1.165) is 37.6 Å². The number of carbonyl (C=O) groups is 1. The molecule has 0 saturated carbocycles. The second kappa shape index (κ2) is 5.86. The highest BCUT2D eigenvalue weighted by atomic mass is 35.5. The fourth-order valence-corrected chi connectivity index (χ4v) is 1.68. The first-order chi connectivity index (χ1) is 7.25. The molecule has 1 aliphatic heterocycles. The number of nitrogens with one attached hydrogen (secondary N) is 1. The summed E-state index contributed by atoms with van der Waals surface area (Å²) in [6.07, 6.45) is 0.345. The van der Waals surface area contributed by atoms with Crippen molar-refractivity contribution in [1.29, 1.82) is 0 Å². The Bertz CT molecular complexity index is 348. The lowest BCUT2D eigenvalue weighted by Gasteiger charge is -2.27. The number of aromatic nitrogens is 1. The third kappa shape index (κ3) is 3.21. The van der Waals surface area contributed by atoms with Crippen molar-refractivity contribution in [2.45, 2.75) is 13.3 Å². The van der Waals surface area contributed by atoms with Gasteiger partial charge in [0.25, 0.3) is 0 Å². The van der Waals surface area contributed by atoms with E-state index in [4.69, 9.17) is 4.52 Å². The van der Waals surface area contributed by atoms with Crippen LogP contribution < -0.4 is 5.32 Å². The molecule has 1 fully saturated rings. The molecule has 16 heavy (non-hydrogen) atoms. The van der Waals surface area contributed by atoms with Crippen LogP contribution in [0.1, 0.15) is 11.5 Å². The molecule has 1 amide bonds. The maximum Gasteiger partial charge on any atom is 0.228 e. The van der Waals surface area contributed by atoms with E-state index in [1.165, 1.54) is 0 Å². The van der Waals surface area contributed by atoms with E-state index in [0.29, 0.717) is 6.42 Å². The smallest absolute Gasteiger partial charge is 0.228 e. The molecule has 0 aliphatic carbocycles. The summed E-state index contributed by atoms with van der Waals surface area (Å²) in [5.74, 6) is 0.878. The third-order valence-electron chi connectivity index (χ3n) is 2.48. The lowest BCUT2D eigenvalue weighted by molar-refractivity contribution is -0.131. The van der Waals surface area contributed by atoms with Crippen molar-refractivity contribution in [1.82, 2.24) is 15.4 Å². The Balaban J connectivity index is 0.00000128. The zero-order chi connectivity index (χ0) is 10.7. The van der Waals surface area contributed by atoms with Gasteiger partial charge in [-0.25, -0.2) is 0 Å². The number of hydrogen-bond donors (Lipinski definition) is 1. The Morgan fingerprint density at radius 2 is 2.25 bits per heavy atom. The summed E-state index contributed by atoms with van der Waals surface area (Å²) in [6.45, 7) is 5.16. The van der Waals surface area contributed by atoms with E-state index in [-0.39, 0.29) is 18.3 Å². The van der Waals surface area contributed by atoms with Crippen LogP contribution >= 0.6 is 12.4 Å². The fraction of sp³-hybridized carbons (Fsp3) is 0.600. The van der Waals surface area contributed by atoms with Gasteiger partial charge in [-0.15, -0.1) is 12.4 Å². The van der Waals surface area contributed by atoms with Gasteiger partial charge in [0.05, 0.1) is 12.1 Å². The highest BCUT2D eigenvalue weighted by Gasteiger charge is 2.17. The topological polar surface area (TPSA) is 58.4 Å². The summed E-state index contributed by atoms with van der Waals surface area (Å²) >= 11 is 0. The average molecular weight is 246 g/mol. The number of carbonyl (C=O) groups excluding carboxylic acids is 1. The van der Waals surface area contributed by atoms with Crippen molar-refractivity contribution in [2.75, 3.05) is 26.2 Å². The van der Waals surface area contributed by atoms with Gasteiger partial charge in [0.15, 0.2) is 0 Å². The van der Waals surface area contributed by atoms with Crippen LogP contribution in [-0.2, 0) is 11.2 Å². The van der Waals surface area contributed by atoms with Gasteiger partial charge < -0.3 is 14.7 Å². The molecule has 0 bridgehead atoms. The molecule has 0 aromatic carbocycles. The predicted octanol–water partition coefficient (Wildman–Crippen LogP) is 0.379. The molecule has 1 saturated heterocycles. The Morgan fingerprint density at radius 3 is 2.81 bits per heavy atom. The minimum atomic E-state index is 0. The fourth-order valence-electron chi connectivity index (χ4n) is 1.68. The molecular formula is C10H16ClN3O2. The van der Waals surface area contributed by atoms with Crippen molar-refractivity contribution in [3.8, 4) is 0 Å². The second-order valence-corrected chi connectivity index (χ2v) is 3.74. The molecule has 1 N–H and O–H groups in total. The quantitative estimate of drug-likeness (QED) is 0.819. The molecule has 1 aromatic rings. The van der Waals surface area contributed by atoms with Gasteiger partial charge in [-0.3, -0.25) is 4.79 Å². The van der Waals surface area contributed by atoms with Crippen LogP contribution in [0.2, 0.25) is 0 Å². The SMILES string of the molecule is Cc1cc(CC(=O)N2CCNCC2)no1.Cl. The van der Waals surface area contributed by atoms with E-state index in [1.807, 2.05) is 11.8 Å². The monoisotopic (exact) mass is 245 g/mol. The third-order valence-corrected chi connectivity index (χ3v) is 2.48.